The van der Waals surface area contributed by atoms with Crippen LogP contribution in [0.4, 0.5) is 0 Å². The first-order chi connectivity index (χ1) is 22.6. The average Bonchev–Trinajstić information content (AvgIpc) is 3.01. The number of hydrogen-bond donors (Lipinski definition) is 1. The molecule has 0 rings (SSSR count). The summed E-state index contributed by atoms with van der Waals surface area (Å²) in [5.41, 5.74) is -0.400. The molecule has 0 saturated heterocycles. The van der Waals surface area contributed by atoms with Gasteiger partial charge in [0.05, 0.1) is 12.2 Å². The van der Waals surface area contributed by atoms with Crippen LogP contribution in [0.2, 0.25) is 0 Å². The Bertz CT molecular complexity index is 703. The zero-order valence-electron chi connectivity index (χ0n) is 32.5. The average molecular weight is 667 g/mol. The molecule has 0 bridgehead atoms. The molecular formula is C42H82O5. The second kappa shape index (κ2) is 32.1. The van der Waals surface area contributed by atoms with Crippen LogP contribution in [-0.4, -0.2) is 34.9 Å². The number of esters is 2. The highest BCUT2D eigenvalue weighted by molar-refractivity contribution is 5.70. The van der Waals surface area contributed by atoms with Crippen molar-refractivity contribution < 1.29 is 24.2 Å². The van der Waals surface area contributed by atoms with E-state index >= 15 is 0 Å². The minimum Gasteiger partial charge on any atom is -0.463 e. The molecule has 1 N–H and O–H groups in total. The first-order valence-corrected chi connectivity index (χ1v) is 20.7. The Kier molecular flexibility index (Phi) is 31.4. The summed E-state index contributed by atoms with van der Waals surface area (Å²) in [6, 6.07) is 0. The number of carbonyl (C=O) groups excluding carboxylic acids is 2. The Morgan fingerprint density at radius 2 is 0.851 bits per heavy atom. The van der Waals surface area contributed by atoms with Crippen LogP contribution in [0.15, 0.2) is 0 Å². The Morgan fingerprint density at radius 1 is 0.511 bits per heavy atom. The molecule has 2 atom stereocenters. The third-order valence-electron chi connectivity index (χ3n) is 9.88. The van der Waals surface area contributed by atoms with Crippen molar-refractivity contribution in [2.45, 2.75) is 252 Å². The van der Waals surface area contributed by atoms with Gasteiger partial charge in [-0.3, -0.25) is 9.59 Å². The van der Waals surface area contributed by atoms with Crippen LogP contribution in [0.1, 0.15) is 234 Å². The molecule has 0 aliphatic rings. The van der Waals surface area contributed by atoms with Gasteiger partial charge in [0.25, 0.3) is 0 Å². The molecule has 47 heavy (non-hydrogen) atoms. The van der Waals surface area contributed by atoms with E-state index in [4.69, 9.17) is 9.47 Å². The Balaban J connectivity index is 4.12. The van der Waals surface area contributed by atoms with Crippen molar-refractivity contribution in [1.82, 2.24) is 0 Å². The summed E-state index contributed by atoms with van der Waals surface area (Å²) in [5, 5.41) is 10.1. The predicted octanol–water partition coefficient (Wildman–Crippen LogP) is 13.0. The topological polar surface area (TPSA) is 72.8 Å². The highest BCUT2D eigenvalue weighted by atomic mass is 16.6. The van der Waals surface area contributed by atoms with Gasteiger partial charge in [-0.1, -0.05) is 155 Å². The molecule has 5 nitrogen and oxygen atoms in total. The van der Waals surface area contributed by atoms with E-state index < -0.39 is 5.60 Å². The number of unbranched alkanes of at least 4 members (excludes halogenated alkanes) is 20. The van der Waals surface area contributed by atoms with Gasteiger partial charge >= 0.3 is 11.9 Å². The van der Waals surface area contributed by atoms with Crippen molar-refractivity contribution in [3.8, 4) is 0 Å². The Labute approximate surface area is 293 Å². The monoisotopic (exact) mass is 667 g/mol. The third kappa shape index (κ3) is 30.7. The fourth-order valence-corrected chi connectivity index (χ4v) is 6.79. The van der Waals surface area contributed by atoms with Crippen LogP contribution in [-0.2, 0) is 19.1 Å². The highest BCUT2D eigenvalue weighted by Gasteiger charge is 2.32. The van der Waals surface area contributed by atoms with Crippen LogP contribution in [0.25, 0.3) is 0 Å². The fourth-order valence-electron chi connectivity index (χ4n) is 6.79. The van der Waals surface area contributed by atoms with E-state index in [1.54, 1.807) is 0 Å². The maximum atomic E-state index is 12.8. The molecular weight excluding hydrogens is 584 g/mol. The number of aliphatic hydroxyl groups is 1. The van der Waals surface area contributed by atoms with E-state index in [1.807, 2.05) is 13.8 Å². The number of aliphatic hydroxyl groups excluding tert-OH is 1. The maximum absolute atomic E-state index is 12.8. The number of rotatable bonds is 35. The van der Waals surface area contributed by atoms with Gasteiger partial charge in [0.15, 0.2) is 0 Å². The molecule has 0 aliphatic heterocycles. The van der Waals surface area contributed by atoms with Gasteiger partial charge < -0.3 is 14.6 Å². The summed E-state index contributed by atoms with van der Waals surface area (Å²) >= 11 is 0. The number of hydrogen-bond acceptors (Lipinski definition) is 5. The largest absolute Gasteiger partial charge is 0.463 e. The first kappa shape index (κ1) is 45.9. The molecule has 0 amide bonds. The molecule has 0 aromatic rings. The summed E-state index contributed by atoms with van der Waals surface area (Å²) in [6.07, 6.45) is 34.1. The first-order valence-electron chi connectivity index (χ1n) is 20.7. The molecule has 0 fully saturated rings. The lowest BCUT2D eigenvalue weighted by Crippen LogP contribution is -2.37. The summed E-state index contributed by atoms with van der Waals surface area (Å²) in [6.45, 7) is 12.6. The lowest BCUT2D eigenvalue weighted by atomic mass is 9.82. The minimum atomic E-state index is -0.400. The summed E-state index contributed by atoms with van der Waals surface area (Å²) < 4.78 is 11.4. The van der Waals surface area contributed by atoms with Crippen molar-refractivity contribution in [3.05, 3.63) is 0 Å². The molecule has 5 heteroatoms. The van der Waals surface area contributed by atoms with Gasteiger partial charge in [-0.05, 0) is 72.1 Å². The second-order valence-electron chi connectivity index (χ2n) is 15.4. The molecule has 0 spiro atoms. The lowest BCUT2D eigenvalue weighted by molar-refractivity contribution is -0.162. The molecule has 280 valence electrons. The summed E-state index contributed by atoms with van der Waals surface area (Å²) in [4.78, 5) is 24.5. The minimum absolute atomic E-state index is 0.0146. The van der Waals surface area contributed by atoms with E-state index in [0.717, 1.165) is 57.8 Å². The number of ether oxygens (including phenoxy) is 2. The van der Waals surface area contributed by atoms with Crippen LogP contribution in [0.5, 0.6) is 0 Å². The van der Waals surface area contributed by atoms with E-state index in [1.165, 1.54) is 122 Å². The highest BCUT2D eigenvalue weighted by Crippen LogP contribution is 2.32. The van der Waals surface area contributed by atoms with Crippen molar-refractivity contribution in [2.24, 2.45) is 5.92 Å². The molecule has 0 saturated carbocycles. The van der Waals surface area contributed by atoms with Crippen LogP contribution < -0.4 is 0 Å². The van der Waals surface area contributed by atoms with Crippen molar-refractivity contribution >= 4 is 11.9 Å². The van der Waals surface area contributed by atoms with Gasteiger partial charge in [0.1, 0.15) is 5.60 Å². The quantitative estimate of drug-likeness (QED) is 0.0538. The van der Waals surface area contributed by atoms with E-state index in [-0.39, 0.29) is 24.1 Å². The maximum Gasteiger partial charge on any atom is 0.306 e. The molecule has 0 radical (unpaired) electrons. The van der Waals surface area contributed by atoms with E-state index in [2.05, 4.69) is 27.7 Å². The van der Waals surface area contributed by atoms with Crippen LogP contribution in [0, 0.1) is 5.92 Å². The van der Waals surface area contributed by atoms with Crippen molar-refractivity contribution in [1.29, 1.82) is 0 Å². The van der Waals surface area contributed by atoms with Gasteiger partial charge in [0.2, 0.25) is 0 Å². The Morgan fingerprint density at radius 3 is 1.26 bits per heavy atom. The SMILES string of the molecule is CCCCCCC(O)CCCCCCCCCCC(=O)OC(C)(C)C(CCCCCC)CCCCCCCCCCC(=O)OC(C)C. The normalized spacial score (nSPS) is 13.2. The smallest absolute Gasteiger partial charge is 0.306 e. The molecule has 0 aromatic heterocycles. The van der Waals surface area contributed by atoms with Gasteiger partial charge in [0, 0.05) is 12.8 Å². The lowest BCUT2D eigenvalue weighted by Gasteiger charge is -2.34. The van der Waals surface area contributed by atoms with Gasteiger partial charge in [-0.2, -0.15) is 0 Å². The van der Waals surface area contributed by atoms with Gasteiger partial charge in [-0.25, -0.2) is 0 Å². The fraction of sp³-hybridized carbons (Fsp3) is 0.952. The van der Waals surface area contributed by atoms with Crippen molar-refractivity contribution in [3.63, 3.8) is 0 Å². The zero-order chi connectivity index (χ0) is 35.0. The van der Waals surface area contributed by atoms with Crippen LogP contribution >= 0.6 is 0 Å². The standard InChI is InChI=1S/C42H82O5/c1-7-9-11-25-31-38(32-26-21-17-13-15-19-23-29-35-40(44)46-37(3)4)42(5,6)47-41(45)36-30-24-20-16-14-18-22-28-34-39(43)33-27-12-10-8-2/h37-39,43H,7-36H2,1-6H3. The third-order valence-corrected chi connectivity index (χ3v) is 9.88. The van der Waals surface area contributed by atoms with Crippen molar-refractivity contribution in [2.75, 3.05) is 0 Å². The van der Waals surface area contributed by atoms with E-state index in [0.29, 0.717) is 18.8 Å². The van der Waals surface area contributed by atoms with Gasteiger partial charge in [-0.15, -0.1) is 0 Å². The summed E-state index contributed by atoms with van der Waals surface area (Å²) in [5.74, 6) is 0.349. The zero-order valence-corrected chi connectivity index (χ0v) is 32.5. The Hall–Kier alpha value is -1.10. The summed E-state index contributed by atoms with van der Waals surface area (Å²) in [7, 11) is 0. The molecule has 2 unspecified atom stereocenters. The number of carbonyl (C=O) groups is 2. The van der Waals surface area contributed by atoms with E-state index in [9.17, 15) is 14.7 Å². The second-order valence-corrected chi connectivity index (χ2v) is 15.4. The predicted molar refractivity (Wildman–Crippen MR) is 201 cm³/mol. The molecule has 0 aromatic carbocycles. The molecule has 0 heterocycles. The molecule has 0 aliphatic carbocycles. The van der Waals surface area contributed by atoms with Crippen LogP contribution in [0.3, 0.4) is 0 Å².